The molecule has 18 heavy (non-hydrogen) atoms. The van der Waals surface area contributed by atoms with Gasteiger partial charge in [-0.1, -0.05) is 19.1 Å². The van der Waals surface area contributed by atoms with E-state index < -0.39 is 6.10 Å². The Morgan fingerprint density at radius 3 is 2.61 bits per heavy atom. The van der Waals surface area contributed by atoms with Gasteiger partial charge in [0.15, 0.2) is 5.78 Å². The fraction of sp³-hybridized carbons (Fsp3) is 0.533. The van der Waals surface area contributed by atoms with Crippen LogP contribution < -0.4 is 4.74 Å². The van der Waals surface area contributed by atoms with Gasteiger partial charge in [-0.25, -0.2) is 0 Å². The molecule has 1 aromatic rings. The van der Waals surface area contributed by atoms with Gasteiger partial charge in [0.1, 0.15) is 11.9 Å². The van der Waals surface area contributed by atoms with Crippen molar-refractivity contribution in [3.63, 3.8) is 0 Å². The molecule has 1 rings (SSSR count). The summed E-state index contributed by atoms with van der Waals surface area (Å²) in [6, 6.07) is 7.58. The molecule has 3 heteroatoms. The molecular weight excluding hydrogens is 228 g/mol. The first-order valence-electron chi connectivity index (χ1n) is 6.59. The summed E-state index contributed by atoms with van der Waals surface area (Å²) in [5.74, 6) is 0.914. The Morgan fingerprint density at radius 2 is 2.00 bits per heavy atom. The highest BCUT2D eigenvalue weighted by Crippen LogP contribution is 2.24. The molecule has 1 atom stereocenters. The SMILES string of the molecule is CCCC(=O)C(OCC)c1cccc(OCC)c1. The molecule has 1 aromatic carbocycles. The van der Waals surface area contributed by atoms with Gasteiger partial charge >= 0.3 is 0 Å². The third kappa shape index (κ3) is 4.15. The summed E-state index contributed by atoms with van der Waals surface area (Å²) in [5, 5.41) is 0. The van der Waals surface area contributed by atoms with Gasteiger partial charge in [0, 0.05) is 13.0 Å². The largest absolute Gasteiger partial charge is 0.494 e. The zero-order chi connectivity index (χ0) is 13.4. The van der Waals surface area contributed by atoms with Gasteiger partial charge in [-0.15, -0.1) is 0 Å². The molecule has 100 valence electrons. The number of carbonyl (C=O) groups is 1. The van der Waals surface area contributed by atoms with E-state index in [4.69, 9.17) is 9.47 Å². The molecule has 0 saturated heterocycles. The highest BCUT2D eigenvalue weighted by atomic mass is 16.5. The Kier molecular flexibility index (Phi) is 6.44. The van der Waals surface area contributed by atoms with E-state index in [1.807, 2.05) is 45.0 Å². The lowest BCUT2D eigenvalue weighted by Crippen LogP contribution is -2.16. The number of hydrogen-bond donors (Lipinski definition) is 0. The number of carbonyl (C=O) groups excluding carboxylic acids is 1. The van der Waals surface area contributed by atoms with Crippen LogP contribution in [-0.2, 0) is 9.53 Å². The van der Waals surface area contributed by atoms with Crippen LogP contribution >= 0.6 is 0 Å². The van der Waals surface area contributed by atoms with Crippen LogP contribution in [0, 0.1) is 0 Å². The Hall–Kier alpha value is -1.35. The van der Waals surface area contributed by atoms with E-state index in [-0.39, 0.29) is 5.78 Å². The fourth-order valence-electron chi connectivity index (χ4n) is 1.85. The molecule has 0 saturated carbocycles. The van der Waals surface area contributed by atoms with E-state index >= 15 is 0 Å². The number of ketones is 1. The van der Waals surface area contributed by atoms with Crippen LogP contribution in [0.1, 0.15) is 45.3 Å². The minimum atomic E-state index is -0.463. The summed E-state index contributed by atoms with van der Waals surface area (Å²) >= 11 is 0. The Balaban J connectivity index is 2.90. The topological polar surface area (TPSA) is 35.5 Å². The van der Waals surface area contributed by atoms with Gasteiger partial charge in [-0.3, -0.25) is 4.79 Å². The second-order valence-corrected chi connectivity index (χ2v) is 4.06. The first kappa shape index (κ1) is 14.7. The maximum Gasteiger partial charge on any atom is 0.166 e. The molecular formula is C15H22O3. The van der Waals surface area contributed by atoms with Crippen molar-refractivity contribution in [2.75, 3.05) is 13.2 Å². The molecule has 0 N–H and O–H groups in total. The molecule has 0 heterocycles. The Labute approximate surface area is 109 Å². The minimum absolute atomic E-state index is 0.132. The highest BCUT2D eigenvalue weighted by Gasteiger charge is 2.20. The quantitative estimate of drug-likeness (QED) is 0.708. The summed E-state index contributed by atoms with van der Waals surface area (Å²) < 4.78 is 11.0. The van der Waals surface area contributed by atoms with E-state index in [2.05, 4.69) is 0 Å². The monoisotopic (exact) mass is 250 g/mol. The van der Waals surface area contributed by atoms with E-state index in [9.17, 15) is 4.79 Å². The molecule has 0 aliphatic heterocycles. The summed E-state index contributed by atoms with van der Waals surface area (Å²) in [5.41, 5.74) is 0.876. The Morgan fingerprint density at radius 1 is 1.22 bits per heavy atom. The molecule has 0 amide bonds. The summed E-state index contributed by atoms with van der Waals surface area (Å²) in [7, 11) is 0. The van der Waals surface area contributed by atoms with Crippen molar-refractivity contribution < 1.29 is 14.3 Å². The standard InChI is InChI=1S/C15H22O3/c1-4-8-14(16)15(18-6-3)12-9-7-10-13(11-12)17-5-2/h7,9-11,15H,4-6,8H2,1-3H3. The zero-order valence-electron chi connectivity index (χ0n) is 11.4. The number of Topliss-reactive ketones (excluding diaryl/α,β-unsaturated/α-hetero) is 1. The molecule has 1 unspecified atom stereocenters. The number of ether oxygens (including phenoxy) is 2. The summed E-state index contributed by atoms with van der Waals surface area (Å²) in [6.07, 6.45) is 0.923. The maximum absolute atomic E-state index is 12.0. The second-order valence-electron chi connectivity index (χ2n) is 4.06. The van der Waals surface area contributed by atoms with Gasteiger partial charge in [-0.05, 0) is 38.0 Å². The summed E-state index contributed by atoms with van der Waals surface area (Å²) in [6.45, 7) is 6.98. The van der Waals surface area contributed by atoms with Crippen molar-refractivity contribution in [1.29, 1.82) is 0 Å². The third-order valence-corrected chi connectivity index (χ3v) is 2.59. The van der Waals surface area contributed by atoms with Gasteiger partial charge < -0.3 is 9.47 Å². The summed E-state index contributed by atoms with van der Waals surface area (Å²) in [4.78, 5) is 12.0. The average Bonchev–Trinajstić information content (AvgIpc) is 2.37. The molecule has 0 spiro atoms. The zero-order valence-corrected chi connectivity index (χ0v) is 11.4. The van der Waals surface area contributed by atoms with Crippen LogP contribution in [-0.4, -0.2) is 19.0 Å². The minimum Gasteiger partial charge on any atom is -0.494 e. The van der Waals surface area contributed by atoms with E-state index in [0.29, 0.717) is 19.6 Å². The van der Waals surface area contributed by atoms with Gasteiger partial charge in [-0.2, -0.15) is 0 Å². The number of benzene rings is 1. The van der Waals surface area contributed by atoms with Crippen LogP contribution in [0.3, 0.4) is 0 Å². The number of rotatable bonds is 8. The average molecular weight is 250 g/mol. The molecule has 0 aliphatic carbocycles. The number of hydrogen-bond acceptors (Lipinski definition) is 3. The van der Waals surface area contributed by atoms with Crippen LogP contribution in [0.25, 0.3) is 0 Å². The van der Waals surface area contributed by atoms with Crippen molar-refractivity contribution in [3.05, 3.63) is 29.8 Å². The van der Waals surface area contributed by atoms with Crippen molar-refractivity contribution in [3.8, 4) is 5.75 Å². The third-order valence-electron chi connectivity index (χ3n) is 2.59. The fourth-order valence-corrected chi connectivity index (χ4v) is 1.85. The predicted octanol–water partition coefficient (Wildman–Crippen LogP) is 3.53. The lowest BCUT2D eigenvalue weighted by Gasteiger charge is -2.17. The van der Waals surface area contributed by atoms with E-state index in [1.54, 1.807) is 0 Å². The van der Waals surface area contributed by atoms with Gasteiger partial charge in [0.25, 0.3) is 0 Å². The van der Waals surface area contributed by atoms with Gasteiger partial charge in [0.2, 0.25) is 0 Å². The normalized spacial score (nSPS) is 12.2. The van der Waals surface area contributed by atoms with Crippen molar-refractivity contribution in [1.82, 2.24) is 0 Å². The molecule has 0 aliphatic rings. The lowest BCUT2D eigenvalue weighted by atomic mass is 10.0. The Bertz CT molecular complexity index is 374. The smallest absolute Gasteiger partial charge is 0.166 e. The second kappa shape index (κ2) is 7.88. The first-order valence-corrected chi connectivity index (χ1v) is 6.59. The lowest BCUT2D eigenvalue weighted by molar-refractivity contribution is -0.130. The predicted molar refractivity (Wildman–Crippen MR) is 71.9 cm³/mol. The molecule has 3 nitrogen and oxygen atoms in total. The molecule has 0 radical (unpaired) electrons. The van der Waals surface area contributed by atoms with Crippen LogP contribution in [0.2, 0.25) is 0 Å². The van der Waals surface area contributed by atoms with E-state index in [1.165, 1.54) is 0 Å². The molecule has 0 bridgehead atoms. The van der Waals surface area contributed by atoms with Crippen LogP contribution in [0.15, 0.2) is 24.3 Å². The first-order chi connectivity index (χ1) is 8.72. The van der Waals surface area contributed by atoms with E-state index in [0.717, 1.165) is 17.7 Å². The molecule has 0 fully saturated rings. The maximum atomic E-state index is 12.0. The van der Waals surface area contributed by atoms with Crippen molar-refractivity contribution in [2.24, 2.45) is 0 Å². The van der Waals surface area contributed by atoms with Gasteiger partial charge in [0.05, 0.1) is 6.61 Å². The highest BCUT2D eigenvalue weighted by molar-refractivity contribution is 5.84. The molecule has 0 aromatic heterocycles. The van der Waals surface area contributed by atoms with Crippen molar-refractivity contribution >= 4 is 5.78 Å². The van der Waals surface area contributed by atoms with Crippen LogP contribution in [0.5, 0.6) is 5.75 Å². The van der Waals surface area contributed by atoms with Crippen molar-refractivity contribution in [2.45, 2.75) is 39.7 Å². The van der Waals surface area contributed by atoms with Crippen LogP contribution in [0.4, 0.5) is 0 Å².